The Kier molecular flexibility index (Phi) is 5.30. The van der Waals surface area contributed by atoms with Crippen LogP contribution in [0.15, 0.2) is 91.0 Å². The summed E-state index contributed by atoms with van der Waals surface area (Å²) in [6, 6.07) is 31.1. The molecule has 0 radical (unpaired) electrons. The van der Waals surface area contributed by atoms with Crippen molar-refractivity contribution in [2.45, 2.75) is 31.0 Å². The van der Waals surface area contributed by atoms with Crippen LogP contribution in [0.5, 0.6) is 0 Å². The first-order valence-corrected chi connectivity index (χ1v) is 9.91. The molecule has 1 aliphatic rings. The van der Waals surface area contributed by atoms with Gasteiger partial charge in [0.1, 0.15) is 17.7 Å². The van der Waals surface area contributed by atoms with E-state index >= 15 is 0 Å². The van der Waals surface area contributed by atoms with Gasteiger partial charge in [0.15, 0.2) is 0 Å². The molecule has 0 unspecified atom stereocenters. The summed E-state index contributed by atoms with van der Waals surface area (Å²) in [7, 11) is 0. The van der Waals surface area contributed by atoms with Gasteiger partial charge in [-0.2, -0.15) is 0 Å². The molecule has 4 rings (SSSR count). The fraction of sp³-hybridized carbons (Fsp3) is 0.231. The molecular formula is C26H26NO+. The van der Waals surface area contributed by atoms with E-state index < -0.39 is 5.60 Å². The number of quaternary nitrogens is 1. The molecule has 0 spiro atoms. The number of piperidine rings is 1. The van der Waals surface area contributed by atoms with E-state index in [0.29, 0.717) is 6.42 Å². The van der Waals surface area contributed by atoms with E-state index in [1.807, 2.05) is 42.5 Å². The van der Waals surface area contributed by atoms with Crippen molar-refractivity contribution in [3.8, 4) is 11.8 Å². The molecule has 140 valence electrons. The normalized spacial score (nSPS) is 26.9. The van der Waals surface area contributed by atoms with Crippen molar-refractivity contribution in [3.63, 3.8) is 0 Å². The van der Waals surface area contributed by atoms with Crippen molar-refractivity contribution < 1.29 is 10.4 Å². The third-order valence-corrected chi connectivity index (χ3v) is 5.87. The fourth-order valence-electron chi connectivity index (χ4n) is 4.17. The lowest BCUT2D eigenvalue weighted by molar-refractivity contribution is -0.755. The minimum Gasteiger partial charge on any atom is -0.377 e. The summed E-state index contributed by atoms with van der Waals surface area (Å²) < 4.78 is 0. The summed E-state index contributed by atoms with van der Waals surface area (Å²) >= 11 is 0. The number of benzene rings is 3. The highest BCUT2D eigenvalue weighted by Crippen LogP contribution is 2.38. The minimum absolute atomic E-state index is 0.00562. The Morgan fingerprint density at radius 3 is 1.96 bits per heavy atom. The minimum atomic E-state index is -1.05. The van der Waals surface area contributed by atoms with Crippen LogP contribution in [0.25, 0.3) is 0 Å². The second kappa shape index (κ2) is 8.02. The van der Waals surface area contributed by atoms with Gasteiger partial charge < -0.3 is 10.4 Å². The van der Waals surface area contributed by atoms with E-state index in [2.05, 4.69) is 72.6 Å². The molecule has 0 saturated carbocycles. The molecule has 3 aromatic rings. The molecule has 1 aliphatic heterocycles. The van der Waals surface area contributed by atoms with Crippen LogP contribution in [0.3, 0.4) is 0 Å². The summed E-state index contributed by atoms with van der Waals surface area (Å²) in [6.45, 7) is 2.12. The van der Waals surface area contributed by atoms with Gasteiger partial charge in [-0.05, 0) is 12.1 Å². The summed E-state index contributed by atoms with van der Waals surface area (Å²) in [5.74, 6) is 6.47. The number of nitrogens with two attached hydrogens (primary N) is 1. The summed E-state index contributed by atoms with van der Waals surface area (Å²) in [6.07, 6.45) is 0.612. The summed E-state index contributed by atoms with van der Waals surface area (Å²) in [5.41, 5.74) is 2.35. The standard InChI is InChI=1S/C26H25NO/c1-20-25(23-15-9-4-10-16-23)27-24(22-13-7-3-8-14-22)19-26(20,28)18-17-21-11-5-2-6-12-21/h2-16,20,24-25,27-28H,19H2,1H3/p+1/t20-,24-,25-,26+/m0/s1. The Morgan fingerprint density at radius 2 is 1.36 bits per heavy atom. The van der Waals surface area contributed by atoms with Gasteiger partial charge in [0, 0.05) is 23.1 Å². The number of hydrogen-bond acceptors (Lipinski definition) is 1. The smallest absolute Gasteiger partial charge is 0.140 e. The second-order valence-corrected chi connectivity index (χ2v) is 7.68. The van der Waals surface area contributed by atoms with Gasteiger partial charge in [-0.3, -0.25) is 0 Å². The van der Waals surface area contributed by atoms with Crippen LogP contribution >= 0.6 is 0 Å². The van der Waals surface area contributed by atoms with Gasteiger partial charge in [-0.15, -0.1) is 0 Å². The molecule has 0 aliphatic carbocycles. The molecule has 3 N–H and O–H groups in total. The molecule has 3 aromatic carbocycles. The number of aliphatic hydroxyl groups is 1. The van der Waals surface area contributed by atoms with E-state index in [0.717, 1.165) is 5.56 Å². The predicted octanol–water partition coefficient (Wildman–Crippen LogP) is 3.86. The molecule has 2 nitrogen and oxygen atoms in total. The largest absolute Gasteiger partial charge is 0.377 e. The Morgan fingerprint density at radius 1 is 0.821 bits per heavy atom. The highest BCUT2D eigenvalue weighted by atomic mass is 16.3. The van der Waals surface area contributed by atoms with Crippen molar-refractivity contribution in [2.75, 3.05) is 0 Å². The van der Waals surface area contributed by atoms with E-state index in [4.69, 9.17) is 0 Å². The molecule has 1 saturated heterocycles. The third kappa shape index (κ3) is 3.87. The Balaban J connectivity index is 1.72. The SMILES string of the molecule is C[C@H]1[C@@H](c2ccccc2)[NH2+][C@H](c2ccccc2)C[C@]1(O)C#Cc1ccccc1. The maximum Gasteiger partial charge on any atom is 0.140 e. The second-order valence-electron chi connectivity index (χ2n) is 7.68. The molecule has 0 amide bonds. The van der Waals surface area contributed by atoms with Crippen LogP contribution < -0.4 is 5.32 Å². The molecule has 28 heavy (non-hydrogen) atoms. The van der Waals surface area contributed by atoms with E-state index in [1.165, 1.54) is 11.1 Å². The Hall–Kier alpha value is -2.86. The molecular weight excluding hydrogens is 342 g/mol. The van der Waals surface area contributed by atoms with Gasteiger partial charge in [0.05, 0.1) is 5.92 Å². The van der Waals surface area contributed by atoms with E-state index in [-0.39, 0.29) is 18.0 Å². The van der Waals surface area contributed by atoms with Crippen molar-refractivity contribution in [2.24, 2.45) is 5.92 Å². The topological polar surface area (TPSA) is 36.8 Å². The number of hydrogen-bond donors (Lipinski definition) is 2. The fourth-order valence-corrected chi connectivity index (χ4v) is 4.17. The predicted molar refractivity (Wildman–Crippen MR) is 112 cm³/mol. The molecule has 4 atom stereocenters. The molecule has 1 heterocycles. The average Bonchev–Trinajstić information content (AvgIpc) is 2.76. The van der Waals surface area contributed by atoms with E-state index in [1.54, 1.807) is 0 Å². The Labute approximate surface area is 167 Å². The van der Waals surface area contributed by atoms with Crippen LogP contribution in [0.2, 0.25) is 0 Å². The molecule has 0 bridgehead atoms. The van der Waals surface area contributed by atoms with Crippen molar-refractivity contribution in [1.82, 2.24) is 0 Å². The van der Waals surface area contributed by atoms with Crippen molar-refractivity contribution >= 4 is 0 Å². The lowest BCUT2D eigenvalue weighted by atomic mass is 9.72. The maximum absolute atomic E-state index is 11.7. The molecule has 1 fully saturated rings. The monoisotopic (exact) mass is 368 g/mol. The number of rotatable bonds is 2. The first kappa shape index (κ1) is 18.5. The average molecular weight is 369 g/mol. The van der Waals surface area contributed by atoms with E-state index in [9.17, 15) is 5.11 Å². The quantitative estimate of drug-likeness (QED) is 0.662. The highest BCUT2D eigenvalue weighted by Gasteiger charge is 2.48. The molecule has 2 heteroatoms. The van der Waals surface area contributed by atoms with Gasteiger partial charge >= 0.3 is 0 Å². The van der Waals surface area contributed by atoms with Crippen LogP contribution in [-0.2, 0) is 0 Å². The lowest BCUT2D eigenvalue weighted by Crippen LogP contribution is -2.91. The first-order chi connectivity index (χ1) is 13.7. The summed E-state index contributed by atoms with van der Waals surface area (Å²) in [4.78, 5) is 0. The van der Waals surface area contributed by atoms with Gasteiger partial charge in [-0.25, -0.2) is 0 Å². The zero-order valence-electron chi connectivity index (χ0n) is 16.1. The zero-order chi connectivity index (χ0) is 19.4. The lowest BCUT2D eigenvalue weighted by Gasteiger charge is -2.42. The highest BCUT2D eigenvalue weighted by molar-refractivity contribution is 5.37. The van der Waals surface area contributed by atoms with Crippen LogP contribution in [-0.4, -0.2) is 10.7 Å². The summed E-state index contributed by atoms with van der Waals surface area (Å²) in [5, 5.41) is 14.1. The molecule has 0 aromatic heterocycles. The first-order valence-electron chi connectivity index (χ1n) is 9.91. The third-order valence-electron chi connectivity index (χ3n) is 5.87. The van der Waals surface area contributed by atoms with Crippen LogP contribution in [0, 0.1) is 17.8 Å². The van der Waals surface area contributed by atoms with Gasteiger partial charge in [0.2, 0.25) is 0 Å². The van der Waals surface area contributed by atoms with Crippen molar-refractivity contribution in [3.05, 3.63) is 108 Å². The van der Waals surface area contributed by atoms with Crippen LogP contribution in [0.1, 0.15) is 42.1 Å². The van der Waals surface area contributed by atoms with Gasteiger partial charge in [0.25, 0.3) is 0 Å². The van der Waals surface area contributed by atoms with Gasteiger partial charge in [-0.1, -0.05) is 97.6 Å². The zero-order valence-corrected chi connectivity index (χ0v) is 16.1. The Bertz CT molecular complexity index is 959. The maximum atomic E-state index is 11.7. The van der Waals surface area contributed by atoms with Crippen molar-refractivity contribution in [1.29, 1.82) is 0 Å². The van der Waals surface area contributed by atoms with Crippen LogP contribution in [0.4, 0.5) is 0 Å².